The molecular formula is C23H32N4O4. The molecule has 0 aliphatic carbocycles. The molecule has 2 aliphatic rings. The van der Waals surface area contributed by atoms with Crippen LogP contribution in [0.25, 0.3) is 11.1 Å². The summed E-state index contributed by atoms with van der Waals surface area (Å²) in [6.07, 6.45) is 1.48. The fourth-order valence-corrected chi connectivity index (χ4v) is 4.69. The lowest BCUT2D eigenvalue weighted by Crippen LogP contribution is -2.51. The van der Waals surface area contributed by atoms with Gasteiger partial charge in [-0.25, -0.2) is 4.98 Å². The molecule has 2 fully saturated rings. The van der Waals surface area contributed by atoms with Crippen LogP contribution in [-0.4, -0.2) is 70.1 Å². The second kappa shape index (κ2) is 8.57. The van der Waals surface area contributed by atoms with Gasteiger partial charge in [-0.3, -0.25) is 9.59 Å². The first-order chi connectivity index (χ1) is 14.7. The number of hydrogen-bond acceptors (Lipinski definition) is 6. The molecule has 2 aromatic heterocycles. The molecule has 31 heavy (non-hydrogen) atoms. The number of aryl methyl sites for hydroxylation is 1. The average Bonchev–Trinajstić information content (AvgIpc) is 3.12. The number of likely N-dealkylation sites (tertiary alicyclic amines) is 1. The van der Waals surface area contributed by atoms with E-state index in [-0.39, 0.29) is 35.9 Å². The summed E-state index contributed by atoms with van der Waals surface area (Å²) in [4.78, 5) is 34.8. The largest absolute Gasteiger partial charge is 0.372 e. The Bertz CT molecular complexity index is 967. The molecule has 2 aromatic rings. The quantitative estimate of drug-likeness (QED) is 0.746. The van der Waals surface area contributed by atoms with Crippen LogP contribution >= 0.6 is 0 Å². The molecule has 168 valence electrons. The summed E-state index contributed by atoms with van der Waals surface area (Å²) in [7, 11) is 0. The summed E-state index contributed by atoms with van der Waals surface area (Å²) in [5.74, 6) is 0.281. The molecule has 2 amide bonds. The first-order valence-electron chi connectivity index (χ1n) is 11.2. The Morgan fingerprint density at radius 2 is 1.74 bits per heavy atom. The Morgan fingerprint density at radius 1 is 1.10 bits per heavy atom. The lowest BCUT2D eigenvalue weighted by molar-refractivity contribution is -0.148. The highest BCUT2D eigenvalue weighted by molar-refractivity contribution is 6.06. The van der Waals surface area contributed by atoms with E-state index >= 15 is 0 Å². The maximum absolute atomic E-state index is 13.4. The molecule has 0 saturated carbocycles. The molecule has 2 saturated heterocycles. The number of piperidine rings is 1. The number of aromatic nitrogens is 2. The van der Waals surface area contributed by atoms with Crippen LogP contribution in [0, 0.1) is 12.8 Å². The lowest BCUT2D eigenvalue weighted by Gasteiger charge is -2.39. The molecule has 0 bridgehead atoms. The van der Waals surface area contributed by atoms with Gasteiger partial charge in [0.15, 0.2) is 0 Å². The van der Waals surface area contributed by atoms with Crippen LogP contribution < -0.4 is 0 Å². The smallest absolute Gasteiger partial charge is 0.259 e. The monoisotopic (exact) mass is 428 g/mol. The van der Waals surface area contributed by atoms with E-state index in [1.807, 2.05) is 50.5 Å². The number of rotatable bonds is 3. The van der Waals surface area contributed by atoms with Gasteiger partial charge < -0.3 is 19.1 Å². The lowest BCUT2D eigenvalue weighted by atomic mass is 9.93. The van der Waals surface area contributed by atoms with Crippen molar-refractivity contribution in [1.29, 1.82) is 0 Å². The van der Waals surface area contributed by atoms with Crippen molar-refractivity contribution in [3.63, 3.8) is 0 Å². The van der Waals surface area contributed by atoms with Gasteiger partial charge in [-0.15, -0.1) is 0 Å². The van der Waals surface area contributed by atoms with E-state index < -0.39 is 0 Å². The Kier molecular flexibility index (Phi) is 6.01. The highest BCUT2D eigenvalue weighted by Gasteiger charge is 2.34. The van der Waals surface area contributed by atoms with Crippen LogP contribution in [0.2, 0.25) is 0 Å². The minimum absolute atomic E-state index is 0.0393. The number of hydrogen-bond donors (Lipinski definition) is 0. The van der Waals surface area contributed by atoms with Gasteiger partial charge >= 0.3 is 0 Å². The highest BCUT2D eigenvalue weighted by Crippen LogP contribution is 2.28. The topological polar surface area (TPSA) is 88.8 Å². The Balaban J connectivity index is 1.47. The molecule has 8 nitrogen and oxygen atoms in total. The molecule has 0 spiro atoms. The van der Waals surface area contributed by atoms with Gasteiger partial charge in [-0.05, 0) is 45.6 Å². The number of nitrogens with zero attached hydrogens (tertiary/aromatic N) is 4. The van der Waals surface area contributed by atoms with Crippen molar-refractivity contribution < 1.29 is 18.8 Å². The van der Waals surface area contributed by atoms with E-state index in [1.54, 1.807) is 0 Å². The maximum Gasteiger partial charge on any atom is 0.259 e. The summed E-state index contributed by atoms with van der Waals surface area (Å²) in [6.45, 7) is 12.3. The third-order valence-electron chi connectivity index (χ3n) is 6.32. The number of morpholine rings is 1. The third kappa shape index (κ3) is 4.31. The van der Waals surface area contributed by atoms with Gasteiger partial charge in [0.2, 0.25) is 5.91 Å². The minimum atomic E-state index is -0.0416. The van der Waals surface area contributed by atoms with E-state index in [9.17, 15) is 9.59 Å². The van der Waals surface area contributed by atoms with Gasteiger partial charge in [0.25, 0.3) is 11.6 Å². The van der Waals surface area contributed by atoms with Crippen LogP contribution in [0.5, 0.6) is 0 Å². The second-order valence-electron chi connectivity index (χ2n) is 9.26. The van der Waals surface area contributed by atoms with Crippen LogP contribution in [0.1, 0.15) is 68.2 Å². The number of pyridine rings is 1. The fraction of sp³-hybridized carbons (Fsp3) is 0.652. The van der Waals surface area contributed by atoms with Crippen molar-refractivity contribution in [1.82, 2.24) is 19.9 Å². The number of ether oxygens (including phenoxy) is 1. The number of amides is 2. The average molecular weight is 429 g/mol. The van der Waals surface area contributed by atoms with E-state index in [1.165, 1.54) is 0 Å². The molecular weight excluding hydrogens is 396 g/mol. The van der Waals surface area contributed by atoms with Crippen molar-refractivity contribution in [2.75, 3.05) is 26.2 Å². The Hall–Kier alpha value is -2.48. The van der Waals surface area contributed by atoms with E-state index in [0.717, 1.165) is 5.69 Å². The highest BCUT2D eigenvalue weighted by atomic mass is 16.5. The zero-order valence-corrected chi connectivity index (χ0v) is 19.1. The van der Waals surface area contributed by atoms with E-state index in [4.69, 9.17) is 9.26 Å². The predicted molar refractivity (Wildman–Crippen MR) is 116 cm³/mol. The van der Waals surface area contributed by atoms with Crippen LogP contribution in [0.15, 0.2) is 10.6 Å². The van der Waals surface area contributed by atoms with Gasteiger partial charge in [0.05, 0.1) is 28.9 Å². The normalized spacial score (nSPS) is 23.0. The molecule has 0 radical (unpaired) electrons. The fourth-order valence-electron chi connectivity index (χ4n) is 4.69. The Morgan fingerprint density at radius 3 is 2.35 bits per heavy atom. The standard InChI is InChI=1S/C23H32N4O4/c1-13(2)19-10-18(20-16(5)25-31-21(20)24-19)23(29)26-8-6-17(7-9-26)22(28)27-11-14(3)30-15(4)12-27/h10,13-15,17H,6-9,11-12H2,1-5H3. The maximum atomic E-state index is 13.4. The summed E-state index contributed by atoms with van der Waals surface area (Å²) in [6, 6.07) is 1.87. The van der Waals surface area contributed by atoms with Crippen LogP contribution in [0.3, 0.4) is 0 Å². The van der Waals surface area contributed by atoms with Gasteiger partial charge in [-0.2, -0.15) is 0 Å². The molecule has 2 unspecified atom stereocenters. The van der Waals surface area contributed by atoms with Crippen molar-refractivity contribution >= 4 is 22.9 Å². The zero-order chi connectivity index (χ0) is 22.3. The molecule has 0 N–H and O–H groups in total. The first-order valence-corrected chi connectivity index (χ1v) is 11.2. The van der Waals surface area contributed by atoms with Gasteiger partial charge in [0, 0.05) is 37.8 Å². The third-order valence-corrected chi connectivity index (χ3v) is 6.32. The SMILES string of the molecule is Cc1noc2nc(C(C)C)cc(C(=O)N3CCC(C(=O)N4CC(C)OC(C)C4)CC3)c12. The summed E-state index contributed by atoms with van der Waals surface area (Å²) in [5.41, 5.74) is 2.48. The van der Waals surface area contributed by atoms with E-state index in [2.05, 4.69) is 10.1 Å². The molecule has 8 heteroatoms. The van der Waals surface area contributed by atoms with Crippen molar-refractivity contribution in [2.45, 2.75) is 65.6 Å². The van der Waals surface area contributed by atoms with Gasteiger partial charge in [-0.1, -0.05) is 19.0 Å². The van der Waals surface area contributed by atoms with Gasteiger partial charge in [0.1, 0.15) is 0 Å². The predicted octanol–water partition coefficient (Wildman–Crippen LogP) is 3.14. The number of carbonyl (C=O) groups excluding carboxylic acids is 2. The number of fused-ring (bicyclic) bond motifs is 1. The molecule has 0 aromatic carbocycles. The first kappa shape index (κ1) is 21.7. The Labute approximate surface area is 182 Å². The molecule has 2 atom stereocenters. The summed E-state index contributed by atoms with van der Waals surface area (Å²) in [5, 5.41) is 4.70. The van der Waals surface area contributed by atoms with Crippen molar-refractivity contribution in [3.8, 4) is 0 Å². The second-order valence-corrected chi connectivity index (χ2v) is 9.26. The van der Waals surface area contributed by atoms with Crippen molar-refractivity contribution in [2.24, 2.45) is 5.92 Å². The van der Waals surface area contributed by atoms with Crippen LogP contribution in [0.4, 0.5) is 0 Å². The molecule has 2 aliphatic heterocycles. The zero-order valence-electron chi connectivity index (χ0n) is 19.1. The van der Waals surface area contributed by atoms with E-state index in [0.29, 0.717) is 61.4 Å². The summed E-state index contributed by atoms with van der Waals surface area (Å²) < 4.78 is 11.1. The van der Waals surface area contributed by atoms with Crippen molar-refractivity contribution in [3.05, 3.63) is 23.0 Å². The minimum Gasteiger partial charge on any atom is -0.372 e. The summed E-state index contributed by atoms with van der Waals surface area (Å²) >= 11 is 0. The molecule has 4 rings (SSSR count). The number of carbonyl (C=O) groups is 2. The molecule has 4 heterocycles. The van der Waals surface area contributed by atoms with Crippen LogP contribution in [-0.2, 0) is 9.53 Å².